The normalized spacial score (nSPS) is 10.7. The minimum Gasteiger partial charge on any atom is -0.493 e. The first-order chi connectivity index (χ1) is 12.1. The number of thiazole rings is 1. The molecule has 0 fully saturated rings. The summed E-state index contributed by atoms with van der Waals surface area (Å²) >= 11 is 4.92. The minimum atomic E-state index is -0.443. The van der Waals surface area contributed by atoms with Crippen molar-refractivity contribution in [2.75, 3.05) is 13.7 Å². The third-order valence-corrected chi connectivity index (χ3v) is 5.02. The highest BCUT2D eigenvalue weighted by Gasteiger charge is 2.17. The van der Waals surface area contributed by atoms with Crippen molar-refractivity contribution >= 4 is 43.5 Å². The maximum atomic E-state index is 12.4. The van der Waals surface area contributed by atoms with Gasteiger partial charge in [-0.25, -0.2) is 9.78 Å². The van der Waals surface area contributed by atoms with Crippen molar-refractivity contribution in [1.29, 1.82) is 0 Å². The van der Waals surface area contributed by atoms with Gasteiger partial charge < -0.3 is 14.2 Å². The molecule has 0 unspecified atom stereocenters. The Morgan fingerprint density at radius 1 is 1.28 bits per heavy atom. The van der Waals surface area contributed by atoms with Gasteiger partial charge in [0.1, 0.15) is 11.6 Å². The fourth-order valence-electron chi connectivity index (χ4n) is 2.31. The molecule has 0 atom stereocenters. The van der Waals surface area contributed by atoms with Crippen LogP contribution in [0, 0.1) is 0 Å². The highest BCUT2D eigenvalue weighted by Crippen LogP contribution is 2.37. The summed E-state index contributed by atoms with van der Waals surface area (Å²) in [7, 11) is 1.53. The Labute approximate surface area is 157 Å². The zero-order chi connectivity index (χ0) is 17.8. The lowest BCUT2D eigenvalue weighted by Crippen LogP contribution is -2.06. The van der Waals surface area contributed by atoms with Gasteiger partial charge in [-0.2, -0.15) is 0 Å². The lowest BCUT2D eigenvalue weighted by atomic mass is 10.2. The van der Waals surface area contributed by atoms with Gasteiger partial charge in [-0.15, -0.1) is 11.3 Å². The van der Waals surface area contributed by atoms with Crippen molar-refractivity contribution in [3.05, 3.63) is 51.4 Å². The van der Waals surface area contributed by atoms with Crippen LogP contribution in [-0.4, -0.2) is 24.7 Å². The van der Waals surface area contributed by atoms with E-state index in [9.17, 15) is 4.79 Å². The largest absolute Gasteiger partial charge is 0.493 e. The van der Waals surface area contributed by atoms with E-state index in [-0.39, 0.29) is 6.61 Å². The molecule has 0 spiro atoms. The van der Waals surface area contributed by atoms with Gasteiger partial charge in [0.05, 0.1) is 34.0 Å². The second-order valence-electron chi connectivity index (χ2n) is 5.07. The summed E-state index contributed by atoms with van der Waals surface area (Å²) in [6.45, 7) is 2.51. The van der Waals surface area contributed by atoms with Crippen LogP contribution < -0.4 is 9.47 Å². The van der Waals surface area contributed by atoms with Crippen LogP contribution in [0.3, 0.4) is 0 Å². The monoisotopic (exact) mass is 421 g/mol. The first-order valence-corrected chi connectivity index (χ1v) is 9.25. The van der Waals surface area contributed by atoms with Crippen LogP contribution in [0.5, 0.6) is 11.5 Å². The molecule has 0 N–H and O–H groups in total. The smallest absolute Gasteiger partial charge is 0.338 e. The Hall–Kier alpha value is -2.12. The van der Waals surface area contributed by atoms with Crippen molar-refractivity contribution in [2.45, 2.75) is 13.5 Å². The van der Waals surface area contributed by atoms with E-state index in [1.54, 1.807) is 12.1 Å². The van der Waals surface area contributed by atoms with E-state index in [2.05, 4.69) is 20.9 Å². The van der Waals surface area contributed by atoms with Gasteiger partial charge in [-0.05, 0) is 47.1 Å². The number of halogens is 1. The van der Waals surface area contributed by atoms with Crippen molar-refractivity contribution in [3.8, 4) is 11.5 Å². The molecule has 1 aromatic heterocycles. The number of nitrogens with zero attached hydrogens (tertiary/aromatic N) is 1. The summed E-state index contributed by atoms with van der Waals surface area (Å²) in [5.74, 6) is 0.595. The number of ether oxygens (including phenoxy) is 3. The first kappa shape index (κ1) is 17.7. The van der Waals surface area contributed by atoms with Crippen LogP contribution >= 0.6 is 27.3 Å². The molecule has 0 aliphatic carbocycles. The molecule has 1 heterocycles. The predicted molar refractivity (Wildman–Crippen MR) is 101 cm³/mol. The number of aromatic nitrogens is 1. The van der Waals surface area contributed by atoms with E-state index in [0.29, 0.717) is 28.1 Å². The molecule has 25 heavy (non-hydrogen) atoms. The van der Waals surface area contributed by atoms with Gasteiger partial charge in [0.15, 0.2) is 11.5 Å². The zero-order valence-corrected chi connectivity index (χ0v) is 16.1. The summed E-state index contributed by atoms with van der Waals surface area (Å²) in [4.78, 5) is 16.8. The van der Waals surface area contributed by atoms with Gasteiger partial charge >= 0.3 is 5.97 Å². The van der Waals surface area contributed by atoms with Crippen LogP contribution in [0.25, 0.3) is 10.2 Å². The summed E-state index contributed by atoms with van der Waals surface area (Å²) in [6.07, 6.45) is 0. The second kappa shape index (κ2) is 7.84. The van der Waals surface area contributed by atoms with Crippen LogP contribution in [0.4, 0.5) is 0 Å². The lowest BCUT2D eigenvalue weighted by molar-refractivity contribution is 0.0472. The predicted octanol–water partition coefficient (Wildman–Crippen LogP) is 4.82. The number of carbonyl (C=O) groups excluding carboxylic acids is 1. The van der Waals surface area contributed by atoms with Crippen molar-refractivity contribution in [3.63, 3.8) is 0 Å². The van der Waals surface area contributed by atoms with Crippen molar-refractivity contribution in [1.82, 2.24) is 4.98 Å². The summed E-state index contributed by atoms with van der Waals surface area (Å²) in [5, 5.41) is 0.756. The highest BCUT2D eigenvalue weighted by molar-refractivity contribution is 9.10. The fraction of sp³-hybridized carbons (Fsp3) is 0.222. The second-order valence-corrected chi connectivity index (χ2v) is 7.04. The molecule has 5 nitrogen and oxygen atoms in total. The van der Waals surface area contributed by atoms with E-state index >= 15 is 0 Å². The number of para-hydroxylation sites is 1. The van der Waals surface area contributed by atoms with E-state index in [0.717, 1.165) is 15.2 Å². The van der Waals surface area contributed by atoms with Crippen LogP contribution in [0.2, 0.25) is 0 Å². The Balaban J connectivity index is 1.75. The maximum Gasteiger partial charge on any atom is 0.338 e. The molecule has 0 saturated carbocycles. The number of benzene rings is 2. The van der Waals surface area contributed by atoms with E-state index < -0.39 is 5.97 Å². The molecule has 0 saturated heterocycles. The number of hydrogen-bond donors (Lipinski definition) is 0. The molecule has 0 aliphatic rings. The van der Waals surface area contributed by atoms with Gasteiger partial charge in [0.25, 0.3) is 0 Å². The number of rotatable bonds is 6. The third-order valence-electron chi connectivity index (χ3n) is 3.42. The van der Waals surface area contributed by atoms with Crippen LogP contribution in [0.15, 0.2) is 40.9 Å². The molecule has 130 valence electrons. The molecule has 7 heteroatoms. The van der Waals surface area contributed by atoms with Crippen molar-refractivity contribution in [2.24, 2.45) is 0 Å². The maximum absolute atomic E-state index is 12.4. The molecule has 2 aromatic carbocycles. The SMILES string of the molecule is CCOc1c(Br)cc(C(=O)OCc2nc3ccccc3s2)cc1OC. The molecule has 0 aliphatic heterocycles. The molecule has 0 amide bonds. The quantitative estimate of drug-likeness (QED) is 0.533. The first-order valence-electron chi connectivity index (χ1n) is 7.64. The Morgan fingerprint density at radius 2 is 2.08 bits per heavy atom. The number of hydrogen-bond acceptors (Lipinski definition) is 6. The van der Waals surface area contributed by atoms with Gasteiger partial charge in [-0.3, -0.25) is 0 Å². The van der Waals surface area contributed by atoms with E-state index in [1.807, 2.05) is 31.2 Å². The molecule has 3 aromatic rings. The molecule has 0 radical (unpaired) electrons. The molecule has 0 bridgehead atoms. The Kier molecular flexibility index (Phi) is 5.55. The third kappa shape index (κ3) is 3.93. The number of methoxy groups -OCH3 is 1. The summed E-state index contributed by atoms with van der Waals surface area (Å²) in [5.41, 5.74) is 1.29. The van der Waals surface area contributed by atoms with Crippen LogP contribution in [0.1, 0.15) is 22.3 Å². The lowest BCUT2D eigenvalue weighted by Gasteiger charge is -2.13. The van der Waals surface area contributed by atoms with Gasteiger partial charge in [0, 0.05) is 0 Å². The van der Waals surface area contributed by atoms with E-state index in [1.165, 1.54) is 18.4 Å². The number of esters is 1. The fourth-order valence-corrected chi connectivity index (χ4v) is 3.75. The van der Waals surface area contributed by atoms with Crippen LogP contribution in [-0.2, 0) is 11.3 Å². The molecular weight excluding hydrogens is 406 g/mol. The van der Waals surface area contributed by atoms with E-state index in [4.69, 9.17) is 14.2 Å². The number of fused-ring (bicyclic) bond motifs is 1. The molecular formula is C18H16BrNO4S. The average Bonchev–Trinajstić information content (AvgIpc) is 3.04. The highest BCUT2D eigenvalue weighted by atomic mass is 79.9. The Bertz CT molecular complexity index is 876. The minimum absolute atomic E-state index is 0.130. The topological polar surface area (TPSA) is 57.7 Å². The number of carbonyl (C=O) groups is 1. The standard InChI is InChI=1S/C18H16BrNO4S/c1-3-23-17-12(19)8-11(9-14(17)22-2)18(21)24-10-16-20-13-6-4-5-7-15(13)25-16/h4-9H,3,10H2,1-2H3. The average molecular weight is 422 g/mol. The van der Waals surface area contributed by atoms with Crippen molar-refractivity contribution < 1.29 is 19.0 Å². The summed E-state index contributed by atoms with van der Waals surface area (Å²) < 4.78 is 17.9. The summed E-state index contributed by atoms with van der Waals surface area (Å²) in [6, 6.07) is 11.1. The molecule has 3 rings (SSSR count). The zero-order valence-electron chi connectivity index (χ0n) is 13.7. The van der Waals surface area contributed by atoms with Gasteiger partial charge in [-0.1, -0.05) is 12.1 Å². The van der Waals surface area contributed by atoms with Gasteiger partial charge in [0.2, 0.25) is 0 Å². The Morgan fingerprint density at radius 3 is 2.80 bits per heavy atom.